The number of anilines is 1. The number of nitro benzene ring substituents is 1. The molecule has 9 heteroatoms. The lowest BCUT2D eigenvalue weighted by Crippen LogP contribution is -2.43. The van der Waals surface area contributed by atoms with Gasteiger partial charge in [0.05, 0.1) is 11.5 Å². The Morgan fingerprint density at radius 2 is 2.00 bits per heavy atom. The summed E-state index contributed by atoms with van der Waals surface area (Å²) in [6.45, 7) is 5.11. The molecular formula is C13H19Cl2N3O4. The molecule has 1 aromatic rings. The van der Waals surface area contributed by atoms with Crippen LogP contribution in [-0.4, -0.2) is 43.7 Å². The molecule has 1 aromatic carbocycles. The number of ether oxygens (including phenoxy) is 1. The molecule has 0 unspecified atom stereocenters. The Kier molecular flexibility index (Phi) is 8.77. The first-order valence-corrected chi connectivity index (χ1v) is 6.54. The molecule has 1 saturated heterocycles. The van der Waals surface area contributed by atoms with Gasteiger partial charge in [0.25, 0.3) is 5.69 Å². The number of nitro groups is 1. The lowest BCUT2D eigenvalue weighted by Gasteiger charge is -2.29. The van der Waals surface area contributed by atoms with E-state index in [9.17, 15) is 14.9 Å². The minimum Gasteiger partial charge on any atom is -0.462 e. The van der Waals surface area contributed by atoms with E-state index in [0.29, 0.717) is 0 Å². The molecule has 1 aliphatic heterocycles. The van der Waals surface area contributed by atoms with Crippen molar-refractivity contribution in [3.05, 3.63) is 33.9 Å². The van der Waals surface area contributed by atoms with Gasteiger partial charge in [0.2, 0.25) is 0 Å². The van der Waals surface area contributed by atoms with Crippen LogP contribution in [0.4, 0.5) is 11.4 Å². The summed E-state index contributed by atoms with van der Waals surface area (Å²) in [7, 11) is 0. The summed E-state index contributed by atoms with van der Waals surface area (Å²) in [6.07, 6.45) is 0. The van der Waals surface area contributed by atoms with Crippen LogP contribution in [0.25, 0.3) is 0 Å². The Hall–Kier alpha value is -1.57. The lowest BCUT2D eigenvalue weighted by atomic mass is 10.1. The van der Waals surface area contributed by atoms with Gasteiger partial charge in [-0.2, -0.15) is 0 Å². The molecule has 22 heavy (non-hydrogen) atoms. The van der Waals surface area contributed by atoms with E-state index in [-0.39, 0.29) is 42.7 Å². The predicted molar refractivity (Wildman–Crippen MR) is 88.6 cm³/mol. The Bertz CT molecular complexity index is 522. The van der Waals surface area contributed by atoms with E-state index in [1.165, 1.54) is 12.1 Å². The maximum atomic E-state index is 11.7. The number of nitrogens with zero attached hydrogens (tertiary/aromatic N) is 2. The summed E-state index contributed by atoms with van der Waals surface area (Å²) in [5, 5.41) is 14.4. The highest BCUT2D eigenvalue weighted by Crippen LogP contribution is 2.26. The largest absolute Gasteiger partial charge is 0.462 e. The average Bonchev–Trinajstić information content (AvgIpc) is 2.47. The van der Waals surface area contributed by atoms with Gasteiger partial charge in [-0.05, 0) is 19.1 Å². The minimum atomic E-state index is -0.661. The Morgan fingerprint density at radius 1 is 1.36 bits per heavy atom. The fourth-order valence-corrected chi connectivity index (χ4v) is 2.17. The zero-order valence-electron chi connectivity index (χ0n) is 12.1. The number of esters is 1. The zero-order chi connectivity index (χ0) is 14.5. The number of piperazine rings is 1. The standard InChI is InChI=1S/C13H17N3O4.2ClH/c1-2-20-13(17)11-4-3-10(9-12(11)16(18)19)15-7-5-14-6-8-15;;/h3-4,9,14H,2,5-8H2,1H3;2*1H. The smallest absolute Gasteiger partial charge is 0.345 e. The van der Waals surface area contributed by atoms with Crippen molar-refractivity contribution in [3.8, 4) is 0 Å². The van der Waals surface area contributed by atoms with Crippen LogP contribution >= 0.6 is 24.8 Å². The second-order valence-corrected chi connectivity index (χ2v) is 4.42. The van der Waals surface area contributed by atoms with Crippen LogP contribution in [0, 0.1) is 10.1 Å². The molecule has 1 N–H and O–H groups in total. The number of hydrogen-bond donors (Lipinski definition) is 1. The summed E-state index contributed by atoms with van der Waals surface area (Å²) in [6, 6.07) is 4.63. The van der Waals surface area contributed by atoms with Gasteiger partial charge in [0.1, 0.15) is 5.56 Å². The van der Waals surface area contributed by atoms with Crippen molar-refractivity contribution in [2.24, 2.45) is 0 Å². The van der Waals surface area contributed by atoms with Crippen molar-refractivity contribution in [2.75, 3.05) is 37.7 Å². The van der Waals surface area contributed by atoms with Gasteiger partial charge in [0, 0.05) is 37.9 Å². The highest BCUT2D eigenvalue weighted by atomic mass is 35.5. The normalized spacial score (nSPS) is 13.6. The van der Waals surface area contributed by atoms with Gasteiger partial charge in [-0.25, -0.2) is 4.79 Å². The fourth-order valence-electron chi connectivity index (χ4n) is 2.17. The number of halogens is 2. The SMILES string of the molecule is CCOC(=O)c1ccc(N2CCNCC2)cc1[N+](=O)[O-].Cl.Cl. The second kappa shape index (κ2) is 9.45. The molecule has 0 amide bonds. The monoisotopic (exact) mass is 351 g/mol. The number of carbonyl (C=O) groups is 1. The van der Waals surface area contributed by atoms with Gasteiger partial charge in [-0.3, -0.25) is 10.1 Å². The van der Waals surface area contributed by atoms with Crippen LogP contribution < -0.4 is 10.2 Å². The van der Waals surface area contributed by atoms with E-state index in [0.717, 1.165) is 31.9 Å². The molecule has 0 aliphatic carbocycles. The van der Waals surface area contributed by atoms with E-state index in [1.807, 2.05) is 0 Å². The molecule has 1 heterocycles. The van der Waals surface area contributed by atoms with Gasteiger partial charge < -0.3 is 15.0 Å². The second-order valence-electron chi connectivity index (χ2n) is 4.42. The van der Waals surface area contributed by atoms with Crippen molar-refractivity contribution in [1.29, 1.82) is 0 Å². The number of benzene rings is 1. The van der Waals surface area contributed by atoms with Crippen molar-refractivity contribution in [1.82, 2.24) is 5.32 Å². The summed E-state index contributed by atoms with van der Waals surface area (Å²) in [4.78, 5) is 24.3. The van der Waals surface area contributed by atoms with E-state index in [1.54, 1.807) is 13.0 Å². The number of hydrogen-bond acceptors (Lipinski definition) is 6. The summed E-state index contributed by atoms with van der Waals surface area (Å²) in [5.41, 5.74) is 0.543. The third-order valence-electron chi connectivity index (χ3n) is 3.16. The quantitative estimate of drug-likeness (QED) is 0.507. The van der Waals surface area contributed by atoms with Crippen LogP contribution in [-0.2, 0) is 4.74 Å². The average molecular weight is 352 g/mol. The first kappa shape index (κ1) is 20.4. The highest BCUT2D eigenvalue weighted by molar-refractivity contribution is 5.94. The topological polar surface area (TPSA) is 84.7 Å². The van der Waals surface area contributed by atoms with Crippen LogP contribution in [0.15, 0.2) is 18.2 Å². The van der Waals surface area contributed by atoms with Crippen LogP contribution in [0.3, 0.4) is 0 Å². The van der Waals surface area contributed by atoms with Gasteiger partial charge >= 0.3 is 5.97 Å². The molecule has 0 aromatic heterocycles. The summed E-state index contributed by atoms with van der Waals surface area (Å²) < 4.78 is 4.84. The number of carbonyl (C=O) groups excluding carboxylic acids is 1. The third-order valence-corrected chi connectivity index (χ3v) is 3.16. The maximum Gasteiger partial charge on any atom is 0.345 e. The van der Waals surface area contributed by atoms with Gasteiger partial charge in [-0.15, -0.1) is 24.8 Å². The minimum absolute atomic E-state index is 0. The van der Waals surface area contributed by atoms with Gasteiger partial charge in [-0.1, -0.05) is 0 Å². The molecule has 0 radical (unpaired) electrons. The van der Waals surface area contributed by atoms with E-state index < -0.39 is 10.9 Å². The predicted octanol–water partition coefficient (Wildman–Crippen LogP) is 2.02. The third kappa shape index (κ3) is 4.72. The number of rotatable bonds is 4. The van der Waals surface area contributed by atoms with Crippen molar-refractivity contribution >= 4 is 42.2 Å². The Balaban J connectivity index is 0.00000220. The van der Waals surface area contributed by atoms with E-state index in [4.69, 9.17) is 4.74 Å². The molecule has 0 atom stereocenters. The lowest BCUT2D eigenvalue weighted by molar-refractivity contribution is -0.385. The molecule has 7 nitrogen and oxygen atoms in total. The molecule has 0 spiro atoms. The Labute approximate surface area is 141 Å². The first-order chi connectivity index (χ1) is 9.63. The van der Waals surface area contributed by atoms with Crippen molar-refractivity contribution in [3.63, 3.8) is 0 Å². The fraction of sp³-hybridized carbons (Fsp3) is 0.462. The highest BCUT2D eigenvalue weighted by Gasteiger charge is 2.23. The van der Waals surface area contributed by atoms with E-state index in [2.05, 4.69) is 10.2 Å². The maximum absolute atomic E-state index is 11.7. The van der Waals surface area contributed by atoms with Crippen molar-refractivity contribution in [2.45, 2.75) is 6.92 Å². The summed E-state index contributed by atoms with van der Waals surface area (Å²) in [5.74, 6) is -0.661. The summed E-state index contributed by atoms with van der Waals surface area (Å²) >= 11 is 0. The molecule has 2 rings (SSSR count). The molecule has 0 saturated carbocycles. The molecule has 124 valence electrons. The van der Waals surface area contributed by atoms with Crippen LogP contribution in [0.5, 0.6) is 0 Å². The zero-order valence-corrected chi connectivity index (χ0v) is 13.7. The van der Waals surface area contributed by atoms with Gasteiger partial charge in [0.15, 0.2) is 0 Å². The molecular weight excluding hydrogens is 333 g/mol. The Morgan fingerprint density at radius 3 is 2.55 bits per heavy atom. The molecule has 0 bridgehead atoms. The van der Waals surface area contributed by atoms with E-state index >= 15 is 0 Å². The first-order valence-electron chi connectivity index (χ1n) is 6.54. The van der Waals surface area contributed by atoms with Crippen molar-refractivity contribution < 1.29 is 14.5 Å². The van der Waals surface area contributed by atoms with Crippen LogP contribution in [0.1, 0.15) is 17.3 Å². The number of nitrogens with one attached hydrogen (secondary N) is 1. The van der Waals surface area contributed by atoms with Crippen LogP contribution in [0.2, 0.25) is 0 Å². The molecule has 1 aliphatic rings. The molecule has 1 fully saturated rings.